The van der Waals surface area contributed by atoms with Crippen molar-refractivity contribution >= 4 is 39.2 Å². The number of hydrogen-bond donors (Lipinski definition) is 1. The van der Waals surface area contributed by atoms with Gasteiger partial charge < -0.3 is 15.5 Å². The van der Waals surface area contributed by atoms with Crippen LogP contribution in [-0.4, -0.2) is 51.9 Å². The van der Waals surface area contributed by atoms with Gasteiger partial charge in [0.2, 0.25) is 11.9 Å². The number of nitrogens with two attached hydrogens (primary N) is 1. The highest BCUT2D eigenvalue weighted by Crippen LogP contribution is 2.29. The van der Waals surface area contributed by atoms with E-state index in [4.69, 9.17) is 5.73 Å². The molecule has 0 saturated carbocycles. The molecule has 1 saturated heterocycles. The Kier molecular flexibility index (Phi) is 4.19. The van der Waals surface area contributed by atoms with Crippen LogP contribution in [0.1, 0.15) is 5.56 Å². The molecule has 0 aromatic carbocycles. The number of amides is 1. The number of carbonyl (C=O) groups is 1. The molecule has 1 amide bonds. The highest BCUT2D eigenvalue weighted by Gasteiger charge is 2.23. The lowest BCUT2D eigenvalue weighted by molar-refractivity contribution is -0.130. The molecule has 4 rings (SSSR count). The smallest absolute Gasteiger partial charge is 0.227 e. The Bertz CT molecular complexity index is 889. The molecule has 0 unspecified atom stereocenters. The van der Waals surface area contributed by atoms with E-state index in [1.54, 1.807) is 23.7 Å². The van der Waals surface area contributed by atoms with Crippen LogP contribution in [0.15, 0.2) is 36.0 Å². The number of nitrogen functional groups attached to an aromatic ring is 1. The normalized spacial score (nSPS) is 14.9. The molecule has 0 aliphatic carbocycles. The number of pyridine rings is 1. The predicted octanol–water partition coefficient (Wildman–Crippen LogP) is 1.56. The van der Waals surface area contributed by atoms with Crippen LogP contribution < -0.4 is 10.6 Å². The van der Waals surface area contributed by atoms with Gasteiger partial charge in [-0.1, -0.05) is 0 Å². The minimum Gasteiger partial charge on any atom is -0.368 e. The van der Waals surface area contributed by atoms with Crippen molar-refractivity contribution in [2.45, 2.75) is 6.42 Å². The minimum absolute atomic E-state index is 0.147. The average Bonchev–Trinajstić information content (AvgIpc) is 3.10. The maximum Gasteiger partial charge on any atom is 0.227 e. The second-order valence-corrected chi connectivity index (χ2v) is 6.84. The van der Waals surface area contributed by atoms with Crippen LogP contribution in [0.5, 0.6) is 0 Å². The maximum atomic E-state index is 12.5. The third-order valence-electron chi connectivity index (χ3n) is 4.36. The third-order valence-corrected chi connectivity index (χ3v) is 5.17. The van der Waals surface area contributed by atoms with E-state index in [1.165, 1.54) is 0 Å². The van der Waals surface area contributed by atoms with Gasteiger partial charge in [0.25, 0.3) is 0 Å². The van der Waals surface area contributed by atoms with E-state index in [9.17, 15) is 4.79 Å². The summed E-state index contributed by atoms with van der Waals surface area (Å²) >= 11 is 1.56. The summed E-state index contributed by atoms with van der Waals surface area (Å²) in [4.78, 5) is 30.2. The predicted molar refractivity (Wildman–Crippen MR) is 98.6 cm³/mol. The fraction of sp³-hybridized carbons (Fsp3) is 0.294. The van der Waals surface area contributed by atoms with Crippen LogP contribution in [-0.2, 0) is 11.2 Å². The molecule has 3 aromatic rings. The topological polar surface area (TPSA) is 88.2 Å². The Morgan fingerprint density at radius 3 is 2.64 bits per heavy atom. The first kappa shape index (κ1) is 15.8. The number of hydrogen-bond acceptors (Lipinski definition) is 7. The van der Waals surface area contributed by atoms with Gasteiger partial charge in [0, 0.05) is 38.6 Å². The molecule has 0 atom stereocenters. The van der Waals surface area contributed by atoms with Gasteiger partial charge in [0.05, 0.1) is 11.8 Å². The van der Waals surface area contributed by atoms with Crippen molar-refractivity contribution in [2.75, 3.05) is 36.8 Å². The first-order valence-corrected chi connectivity index (χ1v) is 9.01. The lowest BCUT2D eigenvalue weighted by atomic mass is 10.1. The molecule has 8 heteroatoms. The largest absolute Gasteiger partial charge is 0.368 e. The SMILES string of the molecule is Nc1nc(N2CCN(C(=O)Cc3ccncc3)CC2)c2ccsc2n1. The van der Waals surface area contributed by atoms with E-state index < -0.39 is 0 Å². The van der Waals surface area contributed by atoms with Crippen LogP contribution in [0.25, 0.3) is 10.2 Å². The van der Waals surface area contributed by atoms with Crippen molar-refractivity contribution in [3.63, 3.8) is 0 Å². The summed E-state index contributed by atoms with van der Waals surface area (Å²) in [5.41, 5.74) is 6.83. The number of aromatic nitrogens is 3. The van der Waals surface area contributed by atoms with Crippen molar-refractivity contribution in [1.29, 1.82) is 0 Å². The van der Waals surface area contributed by atoms with Crippen molar-refractivity contribution < 1.29 is 4.79 Å². The lowest BCUT2D eigenvalue weighted by Crippen LogP contribution is -2.49. The second-order valence-electron chi connectivity index (χ2n) is 5.94. The number of fused-ring (bicyclic) bond motifs is 1. The quantitative estimate of drug-likeness (QED) is 0.768. The molecule has 2 N–H and O–H groups in total. The number of anilines is 2. The Morgan fingerprint density at radius 2 is 1.88 bits per heavy atom. The summed E-state index contributed by atoms with van der Waals surface area (Å²) in [6.07, 6.45) is 3.84. The van der Waals surface area contributed by atoms with Gasteiger partial charge in [-0.2, -0.15) is 4.98 Å². The number of carbonyl (C=O) groups excluding carboxylic acids is 1. The minimum atomic E-state index is 0.147. The fourth-order valence-electron chi connectivity index (χ4n) is 3.05. The van der Waals surface area contributed by atoms with Crippen LogP contribution in [0.4, 0.5) is 11.8 Å². The van der Waals surface area contributed by atoms with Crippen molar-refractivity contribution in [3.8, 4) is 0 Å². The maximum absolute atomic E-state index is 12.5. The molecule has 1 fully saturated rings. The summed E-state index contributed by atoms with van der Waals surface area (Å²) in [7, 11) is 0. The third kappa shape index (κ3) is 3.25. The first-order chi connectivity index (χ1) is 12.2. The van der Waals surface area contributed by atoms with E-state index in [1.807, 2.05) is 28.5 Å². The molecule has 0 radical (unpaired) electrons. The molecule has 4 heterocycles. The molecule has 1 aliphatic rings. The van der Waals surface area contributed by atoms with Crippen molar-refractivity contribution in [1.82, 2.24) is 19.9 Å². The monoisotopic (exact) mass is 354 g/mol. The molecule has 0 bridgehead atoms. The number of nitrogens with zero attached hydrogens (tertiary/aromatic N) is 5. The Morgan fingerprint density at radius 1 is 1.12 bits per heavy atom. The first-order valence-electron chi connectivity index (χ1n) is 8.13. The average molecular weight is 354 g/mol. The molecule has 128 valence electrons. The van der Waals surface area contributed by atoms with Crippen LogP contribution in [0, 0.1) is 0 Å². The highest BCUT2D eigenvalue weighted by atomic mass is 32.1. The standard InChI is InChI=1S/C17H18N6OS/c18-17-20-15(13-3-10-25-16(13)21-17)23-8-6-22(7-9-23)14(24)11-12-1-4-19-5-2-12/h1-5,10H,6-9,11H2,(H2,18,20,21). The second kappa shape index (κ2) is 6.64. The Hall–Kier alpha value is -2.74. The lowest BCUT2D eigenvalue weighted by Gasteiger charge is -2.35. The Labute approximate surface area is 149 Å². The van der Waals surface area contributed by atoms with Gasteiger partial charge in [-0.25, -0.2) is 4.98 Å². The van der Waals surface area contributed by atoms with Gasteiger partial charge in [-0.05, 0) is 29.1 Å². The summed E-state index contributed by atoms with van der Waals surface area (Å²) in [6.45, 7) is 2.84. The molecule has 7 nitrogen and oxygen atoms in total. The van der Waals surface area contributed by atoms with Crippen molar-refractivity contribution in [3.05, 3.63) is 41.5 Å². The van der Waals surface area contributed by atoms with Crippen LogP contribution in [0.2, 0.25) is 0 Å². The zero-order valence-corrected chi connectivity index (χ0v) is 14.4. The summed E-state index contributed by atoms with van der Waals surface area (Å²) in [6, 6.07) is 5.78. The van der Waals surface area contributed by atoms with E-state index in [2.05, 4.69) is 19.9 Å². The molecule has 3 aromatic heterocycles. The van der Waals surface area contributed by atoms with E-state index >= 15 is 0 Å². The van der Waals surface area contributed by atoms with Gasteiger partial charge in [-0.15, -0.1) is 11.3 Å². The molecule has 1 aliphatic heterocycles. The van der Waals surface area contributed by atoms with Gasteiger partial charge in [-0.3, -0.25) is 9.78 Å². The van der Waals surface area contributed by atoms with Crippen LogP contribution in [0.3, 0.4) is 0 Å². The molecule has 0 spiro atoms. The number of piperazine rings is 1. The van der Waals surface area contributed by atoms with Gasteiger partial charge in [0.1, 0.15) is 10.6 Å². The van der Waals surface area contributed by atoms with E-state index in [-0.39, 0.29) is 5.91 Å². The summed E-state index contributed by atoms with van der Waals surface area (Å²) < 4.78 is 0. The summed E-state index contributed by atoms with van der Waals surface area (Å²) in [5.74, 6) is 1.31. The van der Waals surface area contributed by atoms with Crippen LogP contribution >= 0.6 is 11.3 Å². The fourth-order valence-corrected chi connectivity index (χ4v) is 3.82. The van der Waals surface area contributed by atoms with Gasteiger partial charge in [0.15, 0.2) is 0 Å². The summed E-state index contributed by atoms with van der Waals surface area (Å²) in [5, 5.41) is 3.02. The van der Waals surface area contributed by atoms with E-state index in [0.717, 1.165) is 34.7 Å². The van der Waals surface area contributed by atoms with E-state index in [0.29, 0.717) is 25.5 Å². The van der Waals surface area contributed by atoms with Crippen molar-refractivity contribution in [2.24, 2.45) is 0 Å². The number of rotatable bonds is 3. The van der Waals surface area contributed by atoms with Gasteiger partial charge >= 0.3 is 0 Å². The molecular weight excluding hydrogens is 336 g/mol. The zero-order chi connectivity index (χ0) is 17.2. The molecular formula is C17H18N6OS. The number of thiophene rings is 1. The Balaban J connectivity index is 1.44. The zero-order valence-electron chi connectivity index (χ0n) is 13.6. The molecule has 25 heavy (non-hydrogen) atoms. The highest BCUT2D eigenvalue weighted by molar-refractivity contribution is 7.16.